The SMILES string of the molecule is COc1ccc2c(=O)cc(-c3ccccc3Oc3ccccc3)oc2c1C=O. The van der Waals surface area contributed by atoms with Crippen LogP contribution in [-0.4, -0.2) is 13.4 Å². The lowest BCUT2D eigenvalue weighted by molar-refractivity contribution is 0.112. The number of hydrogen-bond acceptors (Lipinski definition) is 5. The first-order chi connectivity index (χ1) is 13.7. The van der Waals surface area contributed by atoms with Crippen LogP contribution in [0.25, 0.3) is 22.3 Å². The first-order valence-electron chi connectivity index (χ1n) is 8.63. The fourth-order valence-corrected chi connectivity index (χ4v) is 3.02. The summed E-state index contributed by atoms with van der Waals surface area (Å²) in [4.78, 5) is 24.3. The maximum Gasteiger partial charge on any atom is 0.193 e. The highest BCUT2D eigenvalue weighted by molar-refractivity contribution is 5.97. The van der Waals surface area contributed by atoms with Crippen molar-refractivity contribution >= 4 is 17.3 Å². The molecule has 1 heterocycles. The summed E-state index contributed by atoms with van der Waals surface area (Å²) in [7, 11) is 1.46. The van der Waals surface area contributed by atoms with Crippen molar-refractivity contribution in [3.63, 3.8) is 0 Å². The van der Waals surface area contributed by atoms with E-state index in [-0.39, 0.29) is 16.6 Å². The van der Waals surface area contributed by atoms with E-state index in [0.29, 0.717) is 40.2 Å². The summed E-state index contributed by atoms with van der Waals surface area (Å²) < 4.78 is 17.2. The van der Waals surface area contributed by atoms with Gasteiger partial charge in [-0.25, -0.2) is 0 Å². The Hall–Kier alpha value is -3.86. The van der Waals surface area contributed by atoms with Crippen LogP contribution in [-0.2, 0) is 0 Å². The summed E-state index contributed by atoms with van der Waals surface area (Å²) in [6, 6.07) is 21.1. The molecule has 4 rings (SSSR count). The highest BCUT2D eigenvalue weighted by Crippen LogP contribution is 2.35. The molecule has 1 aromatic heterocycles. The molecule has 0 saturated carbocycles. The maximum atomic E-state index is 12.7. The van der Waals surface area contributed by atoms with Gasteiger partial charge in [0.05, 0.1) is 23.6 Å². The third-order valence-electron chi connectivity index (χ3n) is 4.36. The van der Waals surface area contributed by atoms with Gasteiger partial charge in [-0.2, -0.15) is 0 Å². The number of hydrogen-bond donors (Lipinski definition) is 0. The van der Waals surface area contributed by atoms with Crippen LogP contribution in [0.2, 0.25) is 0 Å². The number of benzene rings is 3. The fraction of sp³-hybridized carbons (Fsp3) is 0.0435. The van der Waals surface area contributed by atoms with Gasteiger partial charge in [-0.15, -0.1) is 0 Å². The minimum atomic E-state index is -0.253. The third-order valence-corrected chi connectivity index (χ3v) is 4.36. The minimum absolute atomic E-state index is 0.186. The molecule has 138 valence electrons. The Bertz CT molecular complexity index is 1210. The zero-order valence-corrected chi connectivity index (χ0v) is 15.0. The van der Waals surface area contributed by atoms with Gasteiger partial charge in [0, 0.05) is 6.07 Å². The van der Waals surface area contributed by atoms with Crippen molar-refractivity contribution < 1.29 is 18.7 Å². The van der Waals surface area contributed by atoms with Crippen molar-refractivity contribution in [2.75, 3.05) is 7.11 Å². The normalized spacial score (nSPS) is 10.6. The molecule has 0 N–H and O–H groups in total. The van der Waals surface area contributed by atoms with E-state index in [4.69, 9.17) is 13.9 Å². The molecule has 0 atom stereocenters. The lowest BCUT2D eigenvalue weighted by Gasteiger charge is -2.12. The van der Waals surface area contributed by atoms with E-state index in [1.165, 1.54) is 13.2 Å². The van der Waals surface area contributed by atoms with Gasteiger partial charge in [0.2, 0.25) is 0 Å². The van der Waals surface area contributed by atoms with Gasteiger partial charge in [0.1, 0.15) is 23.0 Å². The van der Waals surface area contributed by atoms with Crippen LogP contribution in [0.4, 0.5) is 0 Å². The number of methoxy groups -OCH3 is 1. The van der Waals surface area contributed by atoms with E-state index >= 15 is 0 Å². The van der Waals surface area contributed by atoms with Gasteiger partial charge in [-0.05, 0) is 36.4 Å². The molecule has 0 radical (unpaired) electrons. The summed E-state index contributed by atoms with van der Waals surface area (Å²) >= 11 is 0. The molecule has 0 aliphatic rings. The molecule has 0 amide bonds. The Morgan fingerprint density at radius 1 is 0.893 bits per heavy atom. The molecule has 0 unspecified atom stereocenters. The second-order valence-electron chi connectivity index (χ2n) is 6.06. The predicted octanol–water partition coefficient (Wildman–Crippen LogP) is 5.07. The molecule has 0 aliphatic heterocycles. The number of rotatable bonds is 5. The first-order valence-corrected chi connectivity index (χ1v) is 8.63. The van der Waals surface area contributed by atoms with Crippen LogP contribution in [0.1, 0.15) is 10.4 Å². The Kier molecular flexibility index (Phi) is 4.64. The van der Waals surface area contributed by atoms with Crippen LogP contribution < -0.4 is 14.9 Å². The quantitative estimate of drug-likeness (QED) is 0.458. The summed E-state index contributed by atoms with van der Waals surface area (Å²) in [6.45, 7) is 0. The first kappa shape index (κ1) is 17.5. The molecular weight excluding hydrogens is 356 g/mol. The molecule has 0 saturated heterocycles. The van der Waals surface area contributed by atoms with Crippen molar-refractivity contribution in [3.05, 3.63) is 88.6 Å². The van der Waals surface area contributed by atoms with Gasteiger partial charge in [0.25, 0.3) is 0 Å². The van der Waals surface area contributed by atoms with Gasteiger partial charge in [0.15, 0.2) is 17.3 Å². The average molecular weight is 372 g/mol. The van der Waals surface area contributed by atoms with E-state index in [2.05, 4.69) is 0 Å². The van der Waals surface area contributed by atoms with E-state index < -0.39 is 0 Å². The van der Waals surface area contributed by atoms with E-state index in [1.807, 2.05) is 42.5 Å². The highest BCUT2D eigenvalue weighted by atomic mass is 16.5. The van der Waals surface area contributed by atoms with Crippen LogP contribution in [0.3, 0.4) is 0 Å². The smallest absolute Gasteiger partial charge is 0.193 e. The van der Waals surface area contributed by atoms with E-state index in [0.717, 1.165) is 0 Å². The second-order valence-corrected chi connectivity index (χ2v) is 6.06. The molecule has 0 bridgehead atoms. The standard InChI is InChI=1S/C23H16O5/c1-26-20-12-11-16-19(25)13-22(28-23(16)18(20)14-24)17-9-5-6-10-21(17)27-15-7-3-2-4-8-15/h2-14H,1H3. The Morgan fingerprint density at radius 2 is 1.64 bits per heavy atom. The summed E-state index contributed by atoms with van der Waals surface area (Å²) in [5, 5.41) is 0.313. The summed E-state index contributed by atoms with van der Waals surface area (Å²) in [6.07, 6.45) is 0.625. The van der Waals surface area contributed by atoms with Crippen molar-refractivity contribution in [1.82, 2.24) is 0 Å². The Morgan fingerprint density at radius 3 is 2.39 bits per heavy atom. The molecule has 5 heteroatoms. The molecule has 0 aliphatic carbocycles. The van der Waals surface area contributed by atoms with Crippen molar-refractivity contribution in [2.24, 2.45) is 0 Å². The van der Waals surface area contributed by atoms with Crippen LogP contribution >= 0.6 is 0 Å². The Labute approximate surface area is 160 Å². The number of fused-ring (bicyclic) bond motifs is 1. The van der Waals surface area contributed by atoms with Crippen molar-refractivity contribution in [1.29, 1.82) is 0 Å². The topological polar surface area (TPSA) is 65.7 Å². The van der Waals surface area contributed by atoms with E-state index in [9.17, 15) is 9.59 Å². The number of carbonyl (C=O) groups is 1. The monoisotopic (exact) mass is 372 g/mol. The molecular formula is C23H16O5. The zero-order valence-electron chi connectivity index (χ0n) is 15.0. The highest BCUT2D eigenvalue weighted by Gasteiger charge is 2.16. The summed E-state index contributed by atoms with van der Waals surface area (Å²) in [5.41, 5.74) is 0.730. The Balaban J connectivity index is 1.91. The number of ether oxygens (including phenoxy) is 2. The molecule has 5 nitrogen and oxygen atoms in total. The number of aldehydes is 1. The summed E-state index contributed by atoms with van der Waals surface area (Å²) in [5.74, 6) is 1.84. The third kappa shape index (κ3) is 3.14. The maximum absolute atomic E-state index is 12.7. The zero-order chi connectivity index (χ0) is 19.5. The lowest BCUT2D eigenvalue weighted by Crippen LogP contribution is -2.03. The predicted molar refractivity (Wildman–Crippen MR) is 106 cm³/mol. The average Bonchev–Trinajstić information content (AvgIpc) is 2.74. The minimum Gasteiger partial charge on any atom is -0.496 e. The lowest BCUT2D eigenvalue weighted by atomic mass is 10.1. The van der Waals surface area contributed by atoms with Gasteiger partial charge in [-0.1, -0.05) is 30.3 Å². The van der Waals surface area contributed by atoms with E-state index in [1.54, 1.807) is 24.3 Å². The molecule has 3 aromatic carbocycles. The number of para-hydroxylation sites is 2. The molecule has 28 heavy (non-hydrogen) atoms. The van der Waals surface area contributed by atoms with Crippen molar-refractivity contribution in [2.45, 2.75) is 0 Å². The van der Waals surface area contributed by atoms with Gasteiger partial charge < -0.3 is 13.9 Å². The van der Waals surface area contributed by atoms with Crippen LogP contribution in [0.15, 0.2) is 82.0 Å². The number of carbonyl (C=O) groups excluding carboxylic acids is 1. The largest absolute Gasteiger partial charge is 0.496 e. The molecule has 4 aromatic rings. The molecule has 0 fully saturated rings. The van der Waals surface area contributed by atoms with Gasteiger partial charge >= 0.3 is 0 Å². The van der Waals surface area contributed by atoms with Gasteiger partial charge in [-0.3, -0.25) is 9.59 Å². The van der Waals surface area contributed by atoms with Crippen LogP contribution in [0.5, 0.6) is 17.2 Å². The van der Waals surface area contributed by atoms with Crippen LogP contribution in [0, 0.1) is 0 Å². The fourth-order valence-electron chi connectivity index (χ4n) is 3.02. The molecule has 0 spiro atoms. The van der Waals surface area contributed by atoms with Crippen molar-refractivity contribution in [3.8, 4) is 28.6 Å². The second kappa shape index (κ2) is 7.40.